The van der Waals surface area contributed by atoms with Gasteiger partial charge in [-0.05, 0) is 64.5 Å². The van der Waals surface area contributed by atoms with Crippen molar-refractivity contribution in [2.45, 2.75) is 10.9 Å². The molecule has 172 valence electrons. The lowest BCUT2D eigenvalue weighted by molar-refractivity contribution is 0.391. The summed E-state index contributed by atoms with van der Waals surface area (Å²) in [6.07, 6.45) is 1.77. The monoisotopic (exact) mass is 564 g/mol. The zero-order valence-corrected chi connectivity index (χ0v) is 21.0. The van der Waals surface area contributed by atoms with Gasteiger partial charge >= 0.3 is 0 Å². The van der Waals surface area contributed by atoms with Crippen molar-refractivity contribution in [1.82, 2.24) is 29.9 Å². The smallest absolute Gasteiger partial charge is 0.237 e. The molecule has 0 N–H and O–H groups in total. The maximum atomic E-state index is 13.5. The highest BCUT2D eigenvalue weighted by Crippen LogP contribution is 2.33. The Labute approximate surface area is 215 Å². The first kappa shape index (κ1) is 22.1. The van der Waals surface area contributed by atoms with Crippen LogP contribution in [0.25, 0.3) is 38.0 Å². The number of benzene rings is 2. The maximum absolute atomic E-state index is 13.5. The largest absolute Gasteiger partial charge is 0.338 e. The number of hydrogen-bond acceptors (Lipinski definition) is 8. The van der Waals surface area contributed by atoms with Crippen LogP contribution in [-0.4, -0.2) is 29.9 Å². The number of rotatable bonds is 6. The van der Waals surface area contributed by atoms with E-state index in [1.54, 1.807) is 18.3 Å². The molecule has 0 amide bonds. The number of hydrogen-bond donors (Lipinski definition) is 0. The lowest BCUT2D eigenvalue weighted by atomic mass is 10.2. The minimum Gasteiger partial charge on any atom is -0.338 e. The highest BCUT2D eigenvalue weighted by Gasteiger charge is 2.18. The van der Waals surface area contributed by atoms with E-state index in [9.17, 15) is 4.39 Å². The van der Waals surface area contributed by atoms with Crippen molar-refractivity contribution in [2.24, 2.45) is 0 Å². The summed E-state index contributed by atoms with van der Waals surface area (Å²) in [6.45, 7) is 0. The van der Waals surface area contributed by atoms with E-state index in [1.807, 2.05) is 47.0 Å². The van der Waals surface area contributed by atoms with E-state index >= 15 is 0 Å². The highest BCUT2D eigenvalue weighted by molar-refractivity contribution is 9.10. The Kier molecular flexibility index (Phi) is 5.88. The molecule has 4 heterocycles. The van der Waals surface area contributed by atoms with Crippen molar-refractivity contribution >= 4 is 49.2 Å². The Bertz CT molecular complexity index is 1630. The molecule has 4 aromatic heterocycles. The fourth-order valence-electron chi connectivity index (χ4n) is 3.52. The molecule has 0 spiro atoms. The molecule has 11 heteroatoms. The van der Waals surface area contributed by atoms with E-state index in [0.717, 1.165) is 30.8 Å². The van der Waals surface area contributed by atoms with Gasteiger partial charge in [-0.3, -0.25) is 4.57 Å². The van der Waals surface area contributed by atoms with Crippen LogP contribution in [0.5, 0.6) is 0 Å². The Morgan fingerprint density at radius 1 is 1.03 bits per heavy atom. The average molecular weight is 565 g/mol. The second-order valence-electron chi connectivity index (χ2n) is 7.44. The van der Waals surface area contributed by atoms with E-state index in [-0.39, 0.29) is 5.82 Å². The molecule has 0 aliphatic rings. The molecule has 0 radical (unpaired) electrons. The predicted molar refractivity (Wildman–Crippen MR) is 137 cm³/mol. The summed E-state index contributed by atoms with van der Waals surface area (Å²) < 4.78 is 21.8. The van der Waals surface area contributed by atoms with Crippen LogP contribution in [0.1, 0.15) is 5.89 Å². The number of halogens is 2. The number of pyridine rings is 1. The molecular formula is C24H14BrFN6OS2. The molecule has 2 aromatic carbocycles. The van der Waals surface area contributed by atoms with E-state index < -0.39 is 0 Å². The van der Waals surface area contributed by atoms with Crippen molar-refractivity contribution in [3.63, 3.8) is 0 Å². The molecule has 6 rings (SSSR count). The van der Waals surface area contributed by atoms with Gasteiger partial charge in [-0.1, -0.05) is 35.1 Å². The van der Waals surface area contributed by atoms with Crippen LogP contribution in [0.2, 0.25) is 0 Å². The first-order valence-corrected chi connectivity index (χ1v) is 13.0. The van der Waals surface area contributed by atoms with Crippen molar-refractivity contribution in [3.05, 3.63) is 89.1 Å². The van der Waals surface area contributed by atoms with Crippen molar-refractivity contribution in [3.8, 4) is 27.8 Å². The third-order valence-corrected chi connectivity index (χ3v) is 7.50. The van der Waals surface area contributed by atoms with Crippen LogP contribution in [-0.2, 0) is 5.75 Å². The van der Waals surface area contributed by atoms with Gasteiger partial charge in [0.15, 0.2) is 11.0 Å². The SMILES string of the molecule is Fc1ccc(-c2nnc(SCc3nc(-c4cc5cc(Br)cnc5s4)no3)n2-c2ccccc2)cc1. The standard InChI is InChI=1S/C24H14BrFN6OS2/c25-16-10-15-11-19(35-23(15)27-12-16)21-28-20(33-31-21)13-34-24-30-29-22(14-6-8-17(26)9-7-14)32(24)18-4-2-1-3-5-18/h1-12H,13H2. The molecule has 0 saturated carbocycles. The Hall–Kier alpha value is -3.41. The van der Waals surface area contributed by atoms with Gasteiger partial charge in [0.25, 0.3) is 0 Å². The quantitative estimate of drug-likeness (QED) is 0.206. The number of aromatic nitrogens is 6. The van der Waals surface area contributed by atoms with Crippen molar-refractivity contribution in [1.29, 1.82) is 0 Å². The van der Waals surface area contributed by atoms with Gasteiger partial charge in [0, 0.05) is 27.3 Å². The topological polar surface area (TPSA) is 82.5 Å². The van der Waals surface area contributed by atoms with Gasteiger partial charge in [0.2, 0.25) is 11.7 Å². The molecule has 6 aromatic rings. The van der Waals surface area contributed by atoms with Gasteiger partial charge in [-0.25, -0.2) is 9.37 Å². The van der Waals surface area contributed by atoms with E-state index in [2.05, 4.69) is 41.3 Å². The molecule has 7 nitrogen and oxygen atoms in total. The molecule has 0 fully saturated rings. The minimum atomic E-state index is -0.302. The predicted octanol–water partition coefficient (Wildman–Crippen LogP) is 6.79. The maximum Gasteiger partial charge on any atom is 0.237 e. The zero-order valence-electron chi connectivity index (χ0n) is 17.8. The normalized spacial score (nSPS) is 11.4. The summed E-state index contributed by atoms with van der Waals surface area (Å²) in [5.41, 5.74) is 1.66. The third kappa shape index (κ3) is 4.49. The van der Waals surface area contributed by atoms with Crippen LogP contribution in [0, 0.1) is 5.82 Å². The number of thiophene rings is 1. The highest BCUT2D eigenvalue weighted by atomic mass is 79.9. The summed E-state index contributed by atoms with van der Waals surface area (Å²) in [4.78, 5) is 10.8. The summed E-state index contributed by atoms with van der Waals surface area (Å²) in [5.74, 6) is 1.73. The second kappa shape index (κ2) is 9.33. The number of thioether (sulfide) groups is 1. The lowest BCUT2D eigenvalue weighted by Crippen LogP contribution is -1.99. The minimum absolute atomic E-state index is 0.302. The number of fused-ring (bicyclic) bond motifs is 1. The van der Waals surface area contributed by atoms with Crippen LogP contribution < -0.4 is 0 Å². The summed E-state index contributed by atoms with van der Waals surface area (Å²) in [7, 11) is 0. The van der Waals surface area contributed by atoms with Gasteiger partial charge in [-0.15, -0.1) is 21.5 Å². The molecular weight excluding hydrogens is 551 g/mol. The van der Waals surface area contributed by atoms with Crippen LogP contribution in [0.4, 0.5) is 4.39 Å². The summed E-state index contributed by atoms with van der Waals surface area (Å²) in [5, 5.41) is 14.6. The molecule has 0 bridgehead atoms. The number of para-hydroxylation sites is 1. The molecule has 0 saturated heterocycles. The fourth-order valence-corrected chi connectivity index (χ4v) is 5.56. The van der Waals surface area contributed by atoms with E-state index in [4.69, 9.17) is 4.52 Å². The summed E-state index contributed by atoms with van der Waals surface area (Å²) >= 11 is 6.39. The first-order chi connectivity index (χ1) is 17.1. The third-order valence-electron chi connectivity index (χ3n) is 5.10. The molecule has 0 atom stereocenters. The van der Waals surface area contributed by atoms with Gasteiger partial charge < -0.3 is 4.52 Å². The number of nitrogens with zero attached hydrogens (tertiary/aromatic N) is 6. The van der Waals surface area contributed by atoms with Crippen LogP contribution in [0.15, 0.2) is 87.1 Å². The van der Waals surface area contributed by atoms with Crippen LogP contribution >= 0.6 is 39.0 Å². The molecule has 0 aliphatic heterocycles. The fraction of sp³-hybridized carbons (Fsp3) is 0.0417. The average Bonchev–Trinajstić information content (AvgIpc) is 3.61. The zero-order chi connectivity index (χ0) is 23.8. The lowest BCUT2D eigenvalue weighted by Gasteiger charge is -2.09. The van der Waals surface area contributed by atoms with E-state index in [0.29, 0.717) is 28.4 Å². The van der Waals surface area contributed by atoms with Gasteiger partial charge in [0.1, 0.15) is 10.6 Å². The van der Waals surface area contributed by atoms with Crippen LogP contribution in [0.3, 0.4) is 0 Å². The Morgan fingerprint density at radius 3 is 2.69 bits per heavy atom. The summed E-state index contributed by atoms with van der Waals surface area (Å²) in [6, 6.07) is 20.0. The molecule has 0 aliphatic carbocycles. The molecule has 35 heavy (non-hydrogen) atoms. The Balaban J connectivity index is 1.28. The van der Waals surface area contributed by atoms with Crippen molar-refractivity contribution in [2.75, 3.05) is 0 Å². The van der Waals surface area contributed by atoms with Gasteiger partial charge in [-0.2, -0.15) is 4.98 Å². The first-order valence-electron chi connectivity index (χ1n) is 10.4. The molecule has 0 unspecified atom stereocenters. The Morgan fingerprint density at radius 2 is 1.86 bits per heavy atom. The van der Waals surface area contributed by atoms with Crippen molar-refractivity contribution < 1.29 is 8.91 Å². The van der Waals surface area contributed by atoms with Gasteiger partial charge in [0.05, 0.1) is 10.6 Å². The second-order valence-corrected chi connectivity index (χ2v) is 10.3. The van der Waals surface area contributed by atoms with E-state index in [1.165, 1.54) is 35.2 Å².